The van der Waals surface area contributed by atoms with E-state index in [9.17, 15) is 9.59 Å². The molecule has 1 fully saturated rings. The van der Waals surface area contributed by atoms with Gasteiger partial charge in [-0.1, -0.05) is 23.5 Å². The second-order valence-electron chi connectivity index (χ2n) is 5.26. The number of nitrogens with zero attached hydrogens (tertiary/aromatic N) is 2. The van der Waals surface area contributed by atoms with Crippen LogP contribution in [0.4, 0.5) is 5.13 Å². The highest BCUT2D eigenvalue weighted by molar-refractivity contribution is 7.22. The molecular formula is C15H17N3O2S. The molecule has 0 radical (unpaired) electrons. The monoisotopic (exact) mass is 303 g/mol. The first-order valence-electron chi connectivity index (χ1n) is 7.05. The van der Waals surface area contributed by atoms with Gasteiger partial charge in [0.25, 0.3) is 0 Å². The molecule has 1 aromatic carbocycles. The molecule has 2 aromatic rings. The summed E-state index contributed by atoms with van der Waals surface area (Å²) in [5, 5.41) is 3.56. The molecule has 1 aromatic heterocycles. The Balaban J connectivity index is 1.63. The molecule has 0 atom stereocenters. The molecule has 0 unspecified atom stereocenters. The van der Waals surface area contributed by atoms with Crippen LogP contribution >= 0.6 is 11.3 Å². The smallest absolute Gasteiger partial charge is 0.229 e. The number of hydrogen-bond acceptors (Lipinski definition) is 4. The van der Waals surface area contributed by atoms with Gasteiger partial charge in [0, 0.05) is 25.9 Å². The van der Waals surface area contributed by atoms with Gasteiger partial charge in [-0.2, -0.15) is 0 Å². The van der Waals surface area contributed by atoms with E-state index in [1.54, 1.807) is 11.8 Å². The van der Waals surface area contributed by atoms with Crippen molar-refractivity contribution in [2.24, 2.45) is 5.92 Å². The first-order chi connectivity index (χ1) is 10.1. The van der Waals surface area contributed by atoms with Gasteiger partial charge in [0.1, 0.15) is 0 Å². The predicted molar refractivity (Wildman–Crippen MR) is 83.2 cm³/mol. The van der Waals surface area contributed by atoms with Crippen molar-refractivity contribution in [3.63, 3.8) is 0 Å². The topological polar surface area (TPSA) is 62.3 Å². The van der Waals surface area contributed by atoms with Gasteiger partial charge in [-0.25, -0.2) is 4.98 Å². The minimum Gasteiger partial charge on any atom is -0.343 e. The van der Waals surface area contributed by atoms with Crippen molar-refractivity contribution in [1.29, 1.82) is 0 Å². The lowest BCUT2D eigenvalue weighted by Crippen LogP contribution is -2.40. The average molecular weight is 303 g/mol. The molecule has 2 heterocycles. The van der Waals surface area contributed by atoms with Gasteiger partial charge in [0.2, 0.25) is 11.8 Å². The fraction of sp³-hybridized carbons (Fsp3) is 0.400. The quantitative estimate of drug-likeness (QED) is 0.927. The van der Waals surface area contributed by atoms with Crippen molar-refractivity contribution in [3.05, 3.63) is 24.3 Å². The summed E-state index contributed by atoms with van der Waals surface area (Å²) >= 11 is 1.49. The second kappa shape index (κ2) is 5.81. The Kier molecular flexibility index (Phi) is 3.88. The maximum absolute atomic E-state index is 12.3. The third kappa shape index (κ3) is 3.05. The van der Waals surface area contributed by atoms with Crippen LogP contribution in [0.2, 0.25) is 0 Å². The Morgan fingerprint density at radius 1 is 1.29 bits per heavy atom. The molecule has 0 spiro atoms. The number of likely N-dealkylation sites (tertiary alicyclic amines) is 1. The number of fused-ring (bicyclic) bond motifs is 1. The number of rotatable bonds is 2. The van der Waals surface area contributed by atoms with Crippen molar-refractivity contribution in [3.8, 4) is 0 Å². The lowest BCUT2D eigenvalue weighted by atomic mass is 9.96. The number of para-hydroxylation sites is 1. The van der Waals surface area contributed by atoms with E-state index < -0.39 is 0 Å². The van der Waals surface area contributed by atoms with Gasteiger partial charge in [-0.05, 0) is 25.0 Å². The van der Waals surface area contributed by atoms with Crippen LogP contribution in [0.1, 0.15) is 19.8 Å². The number of thiazole rings is 1. The molecule has 1 saturated heterocycles. The van der Waals surface area contributed by atoms with Crippen LogP contribution in [0.5, 0.6) is 0 Å². The number of nitrogens with one attached hydrogen (secondary N) is 1. The standard InChI is InChI=1S/C15H17N3O2S/c1-10(19)18-8-6-11(7-9-18)14(20)17-15-16-12-4-2-3-5-13(12)21-15/h2-5,11H,6-9H2,1H3,(H,16,17,20). The minimum atomic E-state index is -0.0346. The Morgan fingerprint density at radius 3 is 2.67 bits per heavy atom. The van der Waals surface area contributed by atoms with E-state index in [0.29, 0.717) is 18.2 Å². The van der Waals surface area contributed by atoms with E-state index in [-0.39, 0.29) is 17.7 Å². The summed E-state index contributed by atoms with van der Waals surface area (Å²) in [5.74, 6) is 0.0601. The summed E-state index contributed by atoms with van der Waals surface area (Å²) in [6, 6.07) is 7.83. The van der Waals surface area contributed by atoms with Crippen LogP contribution in [-0.2, 0) is 9.59 Å². The molecular weight excluding hydrogens is 286 g/mol. The summed E-state index contributed by atoms with van der Waals surface area (Å²) in [5.41, 5.74) is 0.907. The van der Waals surface area contributed by atoms with Gasteiger partial charge >= 0.3 is 0 Å². The third-order valence-corrected chi connectivity index (χ3v) is 4.79. The summed E-state index contributed by atoms with van der Waals surface area (Å²) < 4.78 is 1.07. The Hall–Kier alpha value is -1.95. The SMILES string of the molecule is CC(=O)N1CCC(C(=O)Nc2nc3ccccc3s2)CC1. The van der Waals surface area contributed by atoms with E-state index >= 15 is 0 Å². The average Bonchev–Trinajstić information content (AvgIpc) is 2.89. The first-order valence-corrected chi connectivity index (χ1v) is 7.87. The fourth-order valence-corrected chi connectivity index (χ4v) is 3.46. The molecule has 6 heteroatoms. The molecule has 1 aliphatic heterocycles. The van der Waals surface area contributed by atoms with E-state index in [2.05, 4.69) is 10.3 Å². The Morgan fingerprint density at radius 2 is 2.00 bits per heavy atom. The molecule has 110 valence electrons. The number of benzene rings is 1. The first kappa shape index (κ1) is 14.0. The van der Waals surface area contributed by atoms with Crippen molar-refractivity contribution in [2.45, 2.75) is 19.8 Å². The molecule has 1 N–H and O–H groups in total. The zero-order valence-corrected chi connectivity index (χ0v) is 12.7. The van der Waals surface area contributed by atoms with Crippen molar-refractivity contribution < 1.29 is 9.59 Å². The number of carbonyl (C=O) groups is 2. The number of hydrogen-bond donors (Lipinski definition) is 1. The highest BCUT2D eigenvalue weighted by atomic mass is 32.1. The third-order valence-electron chi connectivity index (χ3n) is 3.84. The maximum atomic E-state index is 12.3. The summed E-state index contributed by atoms with van der Waals surface area (Å²) in [6.45, 7) is 2.89. The van der Waals surface area contributed by atoms with Crippen molar-refractivity contribution in [1.82, 2.24) is 9.88 Å². The molecule has 21 heavy (non-hydrogen) atoms. The highest BCUT2D eigenvalue weighted by Gasteiger charge is 2.26. The Bertz CT molecular complexity index is 641. The molecule has 2 amide bonds. The van der Waals surface area contributed by atoms with Crippen LogP contribution in [0.3, 0.4) is 0 Å². The molecule has 1 aliphatic rings. The molecule has 5 nitrogen and oxygen atoms in total. The Labute approximate surface area is 127 Å². The zero-order chi connectivity index (χ0) is 14.8. The number of anilines is 1. The van der Waals surface area contributed by atoms with Crippen molar-refractivity contribution in [2.75, 3.05) is 18.4 Å². The fourth-order valence-electron chi connectivity index (χ4n) is 2.59. The van der Waals surface area contributed by atoms with Crippen LogP contribution < -0.4 is 5.32 Å². The van der Waals surface area contributed by atoms with E-state index in [4.69, 9.17) is 0 Å². The largest absolute Gasteiger partial charge is 0.343 e. The molecule has 0 bridgehead atoms. The van der Waals surface area contributed by atoms with E-state index in [0.717, 1.165) is 23.1 Å². The van der Waals surface area contributed by atoms with Gasteiger partial charge < -0.3 is 10.2 Å². The number of carbonyl (C=O) groups excluding carboxylic acids is 2. The minimum absolute atomic E-state index is 0.0114. The summed E-state index contributed by atoms with van der Waals surface area (Å²) in [4.78, 5) is 29.8. The van der Waals surface area contributed by atoms with E-state index in [1.165, 1.54) is 11.3 Å². The van der Waals surface area contributed by atoms with Crippen LogP contribution in [0.25, 0.3) is 10.2 Å². The van der Waals surface area contributed by atoms with Crippen molar-refractivity contribution >= 4 is 38.5 Å². The normalized spacial score (nSPS) is 16.1. The molecule has 0 saturated carbocycles. The van der Waals surface area contributed by atoms with Gasteiger partial charge in [0.05, 0.1) is 10.2 Å². The van der Waals surface area contributed by atoms with Crippen LogP contribution in [-0.4, -0.2) is 34.8 Å². The van der Waals surface area contributed by atoms with Crippen LogP contribution in [0, 0.1) is 5.92 Å². The number of piperidine rings is 1. The number of amides is 2. The predicted octanol–water partition coefficient (Wildman–Crippen LogP) is 2.49. The van der Waals surface area contributed by atoms with Crippen LogP contribution in [0.15, 0.2) is 24.3 Å². The lowest BCUT2D eigenvalue weighted by Gasteiger charge is -2.30. The van der Waals surface area contributed by atoms with E-state index in [1.807, 2.05) is 24.3 Å². The van der Waals surface area contributed by atoms with Gasteiger partial charge in [0.15, 0.2) is 5.13 Å². The van der Waals surface area contributed by atoms with Gasteiger partial charge in [-0.3, -0.25) is 9.59 Å². The maximum Gasteiger partial charge on any atom is 0.229 e. The highest BCUT2D eigenvalue weighted by Crippen LogP contribution is 2.27. The molecule has 0 aliphatic carbocycles. The summed E-state index contributed by atoms with van der Waals surface area (Å²) in [7, 11) is 0. The second-order valence-corrected chi connectivity index (χ2v) is 6.29. The molecule has 3 rings (SSSR count). The lowest BCUT2D eigenvalue weighted by molar-refractivity contribution is -0.132. The van der Waals surface area contributed by atoms with Gasteiger partial charge in [-0.15, -0.1) is 0 Å². The zero-order valence-electron chi connectivity index (χ0n) is 11.8. The summed E-state index contributed by atoms with van der Waals surface area (Å²) in [6.07, 6.45) is 1.44. The number of aromatic nitrogens is 1.